The molecule has 0 aliphatic heterocycles. The summed E-state index contributed by atoms with van der Waals surface area (Å²) in [7, 11) is 3.22. The summed E-state index contributed by atoms with van der Waals surface area (Å²) in [4.78, 5) is 16.9. The normalized spacial score (nSPS) is 11.1. The molecule has 1 N–H and O–H groups in total. The summed E-state index contributed by atoms with van der Waals surface area (Å²) in [6.45, 7) is 1.93. The molecular formula is C20H17ClN4O2. The number of ether oxygens (including phenoxy) is 1. The maximum absolute atomic E-state index is 12.2. The Morgan fingerprint density at radius 1 is 1.22 bits per heavy atom. The topological polar surface area (TPSA) is 69.0 Å². The number of anilines is 2. The van der Waals surface area contributed by atoms with Crippen molar-refractivity contribution in [1.29, 1.82) is 0 Å². The molecule has 0 bridgehead atoms. The zero-order valence-corrected chi connectivity index (χ0v) is 15.8. The minimum atomic E-state index is -0.404. The second-order valence-electron chi connectivity index (χ2n) is 6.22. The largest absolute Gasteiger partial charge is 0.465 e. The molecular weight excluding hydrogens is 364 g/mol. The van der Waals surface area contributed by atoms with E-state index in [2.05, 4.69) is 10.4 Å². The van der Waals surface area contributed by atoms with Crippen molar-refractivity contribution in [2.45, 2.75) is 6.92 Å². The predicted octanol–water partition coefficient (Wildman–Crippen LogP) is 4.61. The fraction of sp³-hybridized carbons (Fsp3) is 0.150. The number of aryl methyl sites for hydroxylation is 2. The van der Waals surface area contributed by atoms with Crippen molar-refractivity contribution in [3.05, 3.63) is 58.7 Å². The highest BCUT2D eigenvalue weighted by Gasteiger charge is 2.18. The maximum atomic E-state index is 12.2. The van der Waals surface area contributed by atoms with Crippen LogP contribution in [-0.4, -0.2) is 27.8 Å². The summed E-state index contributed by atoms with van der Waals surface area (Å²) >= 11 is 6.17. The molecule has 0 aliphatic rings. The number of para-hydroxylation sites is 1. The zero-order valence-electron chi connectivity index (χ0n) is 15.1. The molecule has 0 amide bonds. The van der Waals surface area contributed by atoms with Gasteiger partial charge in [-0.05, 0) is 37.3 Å². The SMILES string of the molecule is COC(=O)c1ccccc1Nc1c2ccc(Cl)cc2nc2c1c(C)nn2C. The Kier molecular flexibility index (Phi) is 4.20. The monoisotopic (exact) mass is 380 g/mol. The van der Waals surface area contributed by atoms with Gasteiger partial charge < -0.3 is 10.1 Å². The van der Waals surface area contributed by atoms with Crippen LogP contribution in [0.2, 0.25) is 5.02 Å². The van der Waals surface area contributed by atoms with Gasteiger partial charge in [0, 0.05) is 17.5 Å². The molecule has 0 radical (unpaired) electrons. The van der Waals surface area contributed by atoms with Crippen LogP contribution in [-0.2, 0) is 11.8 Å². The highest BCUT2D eigenvalue weighted by molar-refractivity contribution is 6.31. The summed E-state index contributed by atoms with van der Waals surface area (Å²) in [6.07, 6.45) is 0. The van der Waals surface area contributed by atoms with Gasteiger partial charge in [0.1, 0.15) is 0 Å². The second kappa shape index (κ2) is 6.55. The molecule has 0 unspecified atom stereocenters. The first-order valence-electron chi connectivity index (χ1n) is 8.36. The third-order valence-electron chi connectivity index (χ3n) is 4.49. The van der Waals surface area contributed by atoms with E-state index in [1.165, 1.54) is 7.11 Å². The van der Waals surface area contributed by atoms with E-state index >= 15 is 0 Å². The number of methoxy groups -OCH3 is 1. The van der Waals surface area contributed by atoms with Crippen LogP contribution in [0.15, 0.2) is 42.5 Å². The quantitative estimate of drug-likeness (QED) is 0.525. The van der Waals surface area contributed by atoms with Crippen LogP contribution < -0.4 is 5.32 Å². The molecule has 7 heteroatoms. The van der Waals surface area contributed by atoms with Crippen molar-refractivity contribution in [3.63, 3.8) is 0 Å². The highest BCUT2D eigenvalue weighted by Crippen LogP contribution is 2.36. The van der Waals surface area contributed by atoms with E-state index in [0.717, 1.165) is 33.3 Å². The van der Waals surface area contributed by atoms with E-state index in [1.807, 2.05) is 44.3 Å². The van der Waals surface area contributed by atoms with Crippen molar-refractivity contribution < 1.29 is 9.53 Å². The van der Waals surface area contributed by atoms with Gasteiger partial charge in [0.2, 0.25) is 0 Å². The Hall–Kier alpha value is -3.12. The molecule has 27 heavy (non-hydrogen) atoms. The van der Waals surface area contributed by atoms with Gasteiger partial charge in [0.15, 0.2) is 5.65 Å². The highest BCUT2D eigenvalue weighted by atomic mass is 35.5. The number of carbonyl (C=O) groups is 1. The van der Waals surface area contributed by atoms with E-state index in [9.17, 15) is 4.79 Å². The minimum Gasteiger partial charge on any atom is -0.465 e. The maximum Gasteiger partial charge on any atom is 0.339 e. The number of hydrogen-bond donors (Lipinski definition) is 1. The van der Waals surface area contributed by atoms with Gasteiger partial charge >= 0.3 is 5.97 Å². The van der Waals surface area contributed by atoms with Crippen LogP contribution in [0.5, 0.6) is 0 Å². The lowest BCUT2D eigenvalue weighted by molar-refractivity contribution is 0.0602. The van der Waals surface area contributed by atoms with Gasteiger partial charge in [-0.25, -0.2) is 9.78 Å². The Morgan fingerprint density at radius 3 is 2.78 bits per heavy atom. The van der Waals surface area contributed by atoms with Crippen LogP contribution in [0.1, 0.15) is 16.1 Å². The number of pyridine rings is 1. The molecule has 0 saturated carbocycles. The first kappa shape index (κ1) is 17.3. The number of fused-ring (bicyclic) bond motifs is 2. The number of nitrogens with zero attached hydrogens (tertiary/aromatic N) is 3. The van der Waals surface area contributed by atoms with Crippen molar-refractivity contribution in [1.82, 2.24) is 14.8 Å². The minimum absolute atomic E-state index is 0.404. The Bertz CT molecular complexity index is 1200. The van der Waals surface area contributed by atoms with Crippen LogP contribution in [0.4, 0.5) is 11.4 Å². The first-order chi connectivity index (χ1) is 13.0. The van der Waals surface area contributed by atoms with Gasteiger partial charge in [0.05, 0.1) is 40.6 Å². The number of carbonyl (C=O) groups excluding carboxylic acids is 1. The van der Waals surface area contributed by atoms with Crippen LogP contribution in [0.25, 0.3) is 21.9 Å². The van der Waals surface area contributed by atoms with Crippen LogP contribution >= 0.6 is 11.6 Å². The van der Waals surface area contributed by atoms with E-state index < -0.39 is 5.97 Å². The molecule has 2 aromatic carbocycles. The first-order valence-corrected chi connectivity index (χ1v) is 8.74. The van der Waals surface area contributed by atoms with Gasteiger partial charge in [-0.15, -0.1) is 0 Å². The van der Waals surface area contributed by atoms with Crippen molar-refractivity contribution in [2.24, 2.45) is 7.05 Å². The zero-order chi connectivity index (χ0) is 19.1. The Balaban J connectivity index is 2.02. The fourth-order valence-electron chi connectivity index (χ4n) is 3.27. The van der Waals surface area contributed by atoms with E-state index in [0.29, 0.717) is 16.3 Å². The number of hydrogen-bond acceptors (Lipinski definition) is 5. The lowest BCUT2D eigenvalue weighted by Crippen LogP contribution is -2.06. The molecule has 0 aliphatic carbocycles. The third kappa shape index (κ3) is 2.88. The third-order valence-corrected chi connectivity index (χ3v) is 4.72. The summed E-state index contributed by atoms with van der Waals surface area (Å²) in [5.41, 5.74) is 4.25. The summed E-state index contributed by atoms with van der Waals surface area (Å²) < 4.78 is 6.65. The smallest absolute Gasteiger partial charge is 0.339 e. The lowest BCUT2D eigenvalue weighted by atomic mass is 10.1. The Morgan fingerprint density at radius 2 is 2.00 bits per heavy atom. The second-order valence-corrected chi connectivity index (χ2v) is 6.65. The van der Waals surface area contributed by atoms with E-state index in [-0.39, 0.29) is 0 Å². The fourth-order valence-corrected chi connectivity index (χ4v) is 3.44. The van der Waals surface area contributed by atoms with Gasteiger partial charge in [-0.2, -0.15) is 5.10 Å². The molecule has 4 rings (SSSR count). The lowest BCUT2D eigenvalue weighted by Gasteiger charge is -2.14. The van der Waals surface area contributed by atoms with Crippen molar-refractivity contribution in [3.8, 4) is 0 Å². The molecule has 136 valence electrons. The number of nitrogens with one attached hydrogen (secondary N) is 1. The molecule has 0 saturated heterocycles. The average molecular weight is 381 g/mol. The molecule has 0 atom stereocenters. The van der Waals surface area contributed by atoms with E-state index in [1.54, 1.807) is 16.8 Å². The van der Waals surface area contributed by atoms with Gasteiger partial charge in [0.25, 0.3) is 0 Å². The standard InChI is InChI=1S/C20H17ClN4O2/c1-11-17-18(22-15-7-5-4-6-14(15)20(26)27-3)13-9-8-12(21)10-16(13)23-19(17)25(2)24-11/h4-10H,1-3H3,(H,22,23). The number of benzene rings is 2. The molecule has 2 heterocycles. The summed E-state index contributed by atoms with van der Waals surface area (Å²) in [5.74, 6) is -0.404. The predicted molar refractivity (Wildman–Crippen MR) is 107 cm³/mol. The van der Waals surface area contributed by atoms with E-state index in [4.69, 9.17) is 21.3 Å². The van der Waals surface area contributed by atoms with Crippen molar-refractivity contribution >= 4 is 50.9 Å². The average Bonchev–Trinajstić information content (AvgIpc) is 2.94. The summed E-state index contributed by atoms with van der Waals surface area (Å²) in [5, 5.41) is 10.3. The number of aromatic nitrogens is 3. The number of rotatable bonds is 3. The Labute approximate surface area is 160 Å². The summed E-state index contributed by atoms with van der Waals surface area (Å²) in [6, 6.07) is 12.8. The van der Waals surface area contributed by atoms with Crippen LogP contribution in [0.3, 0.4) is 0 Å². The number of esters is 1. The van der Waals surface area contributed by atoms with Crippen LogP contribution in [0, 0.1) is 6.92 Å². The molecule has 0 fully saturated rings. The molecule has 4 aromatic rings. The molecule has 6 nitrogen and oxygen atoms in total. The van der Waals surface area contributed by atoms with Gasteiger partial charge in [-0.1, -0.05) is 23.7 Å². The molecule has 0 spiro atoms. The van der Waals surface area contributed by atoms with Crippen molar-refractivity contribution in [2.75, 3.05) is 12.4 Å². The molecule has 2 aromatic heterocycles. The number of halogens is 1. The van der Waals surface area contributed by atoms with Gasteiger partial charge in [-0.3, -0.25) is 4.68 Å².